The van der Waals surface area contributed by atoms with Crippen LogP contribution in [-0.4, -0.2) is 63.1 Å². The molecule has 1 aliphatic rings. The number of hydrogen-bond donors (Lipinski definition) is 3. The van der Waals surface area contributed by atoms with Gasteiger partial charge in [-0.3, -0.25) is 4.79 Å². The Morgan fingerprint density at radius 1 is 1.12 bits per heavy atom. The second-order valence-electron chi connectivity index (χ2n) is 8.70. The quantitative estimate of drug-likeness (QED) is 0.527. The SMILES string of the molecule is CC1(C)C(C=CC(O)CC(O)CC(=O)O)=C(c2ccc(F)cc2)CC1c1ccccc1.[NaH]. The molecule has 0 saturated heterocycles. The van der Waals surface area contributed by atoms with Gasteiger partial charge in [-0.25, -0.2) is 4.39 Å². The van der Waals surface area contributed by atoms with Gasteiger partial charge in [0.1, 0.15) is 5.82 Å². The van der Waals surface area contributed by atoms with E-state index >= 15 is 0 Å². The summed E-state index contributed by atoms with van der Waals surface area (Å²) < 4.78 is 13.5. The second-order valence-corrected chi connectivity index (χ2v) is 8.70. The number of carboxylic acid groups (broad SMARTS) is 1. The molecule has 4 nitrogen and oxygen atoms in total. The molecule has 6 heteroatoms. The van der Waals surface area contributed by atoms with Crippen molar-refractivity contribution in [3.05, 3.63) is 89.3 Å². The average Bonchev–Trinajstić information content (AvgIpc) is 2.97. The number of allylic oxidation sites excluding steroid dienone is 3. The Balaban J connectivity index is 0.00000363. The molecule has 0 radical (unpaired) electrons. The molecule has 0 heterocycles. The predicted octanol–water partition coefficient (Wildman–Crippen LogP) is 4.29. The van der Waals surface area contributed by atoms with Gasteiger partial charge in [0.05, 0.1) is 18.6 Å². The van der Waals surface area contributed by atoms with Crippen molar-refractivity contribution in [3.63, 3.8) is 0 Å². The summed E-state index contributed by atoms with van der Waals surface area (Å²) in [5.74, 6) is -1.18. The van der Waals surface area contributed by atoms with E-state index in [9.17, 15) is 19.4 Å². The zero-order valence-corrected chi connectivity index (χ0v) is 17.8. The summed E-state index contributed by atoms with van der Waals surface area (Å²) in [5.41, 5.74) is 4.04. The van der Waals surface area contributed by atoms with Crippen LogP contribution in [0.2, 0.25) is 0 Å². The van der Waals surface area contributed by atoms with Crippen molar-refractivity contribution in [2.24, 2.45) is 5.41 Å². The molecule has 0 fully saturated rings. The normalized spacial score (nSPS) is 19.6. The molecule has 3 unspecified atom stereocenters. The Morgan fingerprint density at radius 2 is 1.75 bits per heavy atom. The molecule has 0 spiro atoms. The van der Waals surface area contributed by atoms with Crippen LogP contribution in [0.25, 0.3) is 5.57 Å². The Bertz CT molecular complexity index is 967. The van der Waals surface area contributed by atoms with Gasteiger partial charge in [-0.15, -0.1) is 0 Å². The monoisotopic (exact) mass is 448 g/mol. The topological polar surface area (TPSA) is 77.8 Å². The molecule has 0 aromatic heterocycles. The Labute approximate surface area is 210 Å². The van der Waals surface area contributed by atoms with Gasteiger partial charge >= 0.3 is 35.5 Å². The molecule has 2 aromatic carbocycles. The average molecular weight is 449 g/mol. The predicted molar refractivity (Wildman–Crippen MR) is 126 cm³/mol. The molecule has 3 rings (SSSR count). The third-order valence-corrected chi connectivity index (χ3v) is 6.10. The van der Waals surface area contributed by atoms with Gasteiger partial charge in [-0.1, -0.05) is 68.5 Å². The number of carboxylic acids is 1. The second kappa shape index (κ2) is 11.4. The molecule has 0 saturated carbocycles. The van der Waals surface area contributed by atoms with Gasteiger partial charge in [0.25, 0.3) is 0 Å². The van der Waals surface area contributed by atoms with Crippen LogP contribution in [0.5, 0.6) is 0 Å². The zero-order valence-electron chi connectivity index (χ0n) is 17.8. The summed E-state index contributed by atoms with van der Waals surface area (Å²) in [7, 11) is 0. The Kier molecular flexibility index (Phi) is 9.43. The van der Waals surface area contributed by atoms with Gasteiger partial charge < -0.3 is 15.3 Å². The first-order chi connectivity index (χ1) is 14.7. The van der Waals surface area contributed by atoms with Crippen LogP contribution in [0.1, 0.15) is 50.2 Å². The van der Waals surface area contributed by atoms with E-state index in [1.807, 2.05) is 24.3 Å². The maximum absolute atomic E-state index is 13.5. The van der Waals surface area contributed by atoms with Gasteiger partial charge in [0, 0.05) is 6.42 Å². The van der Waals surface area contributed by atoms with Crippen LogP contribution in [0.4, 0.5) is 4.39 Å². The van der Waals surface area contributed by atoms with Gasteiger partial charge in [-0.05, 0) is 52.2 Å². The van der Waals surface area contributed by atoms with E-state index < -0.39 is 24.6 Å². The minimum atomic E-state index is -1.11. The van der Waals surface area contributed by atoms with Gasteiger partial charge in [-0.2, -0.15) is 0 Å². The third kappa shape index (κ3) is 6.40. The molecular weight excluding hydrogens is 418 g/mol. The number of rotatable bonds is 8. The van der Waals surface area contributed by atoms with Crippen LogP contribution in [-0.2, 0) is 4.79 Å². The van der Waals surface area contributed by atoms with E-state index in [1.54, 1.807) is 18.2 Å². The molecule has 32 heavy (non-hydrogen) atoms. The fraction of sp³-hybridized carbons (Fsp3) is 0.346. The van der Waals surface area contributed by atoms with Crippen LogP contribution in [0.3, 0.4) is 0 Å². The fourth-order valence-corrected chi connectivity index (χ4v) is 4.46. The zero-order chi connectivity index (χ0) is 22.6. The summed E-state index contributed by atoms with van der Waals surface area (Å²) >= 11 is 0. The van der Waals surface area contributed by atoms with Crippen LogP contribution in [0, 0.1) is 11.2 Å². The van der Waals surface area contributed by atoms with E-state index in [0.717, 1.165) is 23.1 Å². The molecule has 0 aliphatic heterocycles. The molecule has 1 aliphatic carbocycles. The summed E-state index contributed by atoms with van der Waals surface area (Å²) in [5, 5.41) is 28.9. The van der Waals surface area contributed by atoms with E-state index in [-0.39, 0.29) is 53.1 Å². The van der Waals surface area contributed by atoms with E-state index in [1.165, 1.54) is 17.7 Å². The summed E-state index contributed by atoms with van der Waals surface area (Å²) in [4.78, 5) is 10.7. The van der Waals surface area contributed by atoms with Crippen molar-refractivity contribution < 1.29 is 24.5 Å². The van der Waals surface area contributed by atoms with Crippen molar-refractivity contribution in [3.8, 4) is 0 Å². The fourth-order valence-electron chi connectivity index (χ4n) is 4.46. The van der Waals surface area contributed by atoms with Crippen molar-refractivity contribution in [1.29, 1.82) is 0 Å². The molecule has 3 N–H and O–H groups in total. The van der Waals surface area contributed by atoms with Crippen molar-refractivity contribution >= 4 is 41.1 Å². The first-order valence-corrected chi connectivity index (χ1v) is 10.5. The van der Waals surface area contributed by atoms with E-state index in [2.05, 4.69) is 26.0 Å². The van der Waals surface area contributed by atoms with Gasteiger partial charge in [0.2, 0.25) is 0 Å². The number of carbonyl (C=O) groups is 1. The number of halogens is 1. The first kappa shape index (κ1) is 26.5. The number of benzene rings is 2. The Morgan fingerprint density at radius 3 is 2.34 bits per heavy atom. The minimum absolute atomic E-state index is 0. The third-order valence-electron chi connectivity index (χ3n) is 6.10. The van der Waals surface area contributed by atoms with E-state index in [4.69, 9.17) is 5.11 Å². The standard InChI is InChI=1S/C26H29FO4.Na.H/c1-26(2)23(13-12-20(28)14-21(29)15-25(30)31)22(17-8-10-19(27)11-9-17)16-24(26)18-6-4-3-5-7-18;;/h3-13,20-21,24,28-29H,14-16H2,1-2H3,(H,30,31);;. The van der Waals surface area contributed by atoms with Crippen molar-refractivity contribution in [2.45, 2.75) is 51.2 Å². The molecular formula is C26H30FNaO4. The number of hydrogen-bond acceptors (Lipinski definition) is 3. The van der Waals surface area contributed by atoms with E-state index in [0.29, 0.717) is 0 Å². The van der Waals surface area contributed by atoms with Crippen LogP contribution < -0.4 is 0 Å². The summed E-state index contributed by atoms with van der Waals surface area (Å²) in [6, 6.07) is 16.7. The summed E-state index contributed by atoms with van der Waals surface area (Å²) in [6.45, 7) is 4.32. The summed E-state index contributed by atoms with van der Waals surface area (Å²) in [6.07, 6.45) is 1.72. The molecule has 3 atom stereocenters. The van der Waals surface area contributed by atoms with Crippen molar-refractivity contribution in [2.75, 3.05) is 0 Å². The molecule has 0 bridgehead atoms. The number of aliphatic carboxylic acids is 1. The molecule has 0 amide bonds. The van der Waals surface area contributed by atoms with Gasteiger partial charge in [0.15, 0.2) is 0 Å². The van der Waals surface area contributed by atoms with Crippen LogP contribution >= 0.6 is 0 Å². The Hall–Kier alpha value is -1.76. The maximum atomic E-state index is 13.5. The van der Waals surface area contributed by atoms with Crippen LogP contribution in [0.15, 0.2) is 72.3 Å². The molecule has 2 aromatic rings. The van der Waals surface area contributed by atoms with Crippen molar-refractivity contribution in [1.82, 2.24) is 0 Å². The first-order valence-electron chi connectivity index (χ1n) is 10.5. The molecule has 166 valence electrons. The number of aliphatic hydroxyl groups excluding tert-OH is 2. The number of aliphatic hydroxyl groups is 2.